The average Bonchev–Trinajstić information content (AvgIpc) is 3.30. The van der Waals surface area contributed by atoms with Gasteiger partial charge >= 0.3 is 5.97 Å². The van der Waals surface area contributed by atoms with E-state index in [1.165, 1.54) is 11.3 Å². The Morgan fingerprint density at radius 2 is 2.00 bits per heavy atom. The van der Waals surface area contributed by atoms with E-state index in [4.69, 9.17) is 4.74 Å². The molecule has 0 aliphatic heterocycles. The number of nitriles is 1. The second-order valence-corrected chi connectivity index (χ2v) is 8.82. The van der Waals surface area contributed by atoms with E-state index in [1.807, 2.05) is 18.2 Å². The molecule has 2 amide bonds. The molecule has 9 nitrogen and oxygen atoms in total. The molecular formula is C23H23N5O4S. The summed E-state index contributed by atoms with van der Waals surface area (Å²) in [6, 6.07) is 9.44. The SMILES string of the molecule is N#Cc1c(NC(=O)COC(=O)CCNC(=O)c2n[nH]c3ccccc23)sc2c1CCCCC2. The van der Waals surface area contributed by atoms with Crippen LogP contribution in [0.4, 0.5) is 5.00 Å². The molecule has 0 spiro atoms. The van der Waals surface area contributed by atoms with Crippen LogP contribution in [0.15, 0.2) is 24.3 Å². The molecular weight excluding hydrogens is 442 g/mol. The number of H-pyrrole nitrogens is 1. The van der Waals surface area contributed by atoms with Crippen LogP contribution in [0.25, 0.3) is 10.9 Å². The van der Waals surface area contributed by atoms with Crippen molar-refractivity contribution in [3.05, 3.63) is 46.0 Å². The number of fused-ring (bicyclic) bond motifs is 2. The van der Waals surface area contributed by atoms with Crippen molar-refractivity contribution in [3.63, 3.8) is 0 Å². The van der Waals surface area contributed by atoms with Gasteiger partial charge in [0.2, 0.25) is 0 Å². The number of nitrogens with zero attached hydrogens (tertiary/aromatic N) is 2. The second-order valence-electron chi connectivity index (χ2n) is 7.71. The normalized spacial score (nSPS) is 12.9. The van der Waals surface area contributed by atoms with Crippen LogP contribution >= 0.6 is 11.3 Å². The molecule has 2 aromatic heterocycles. The Hall–Kier alpha value is -3.71. The lowest BCUT2D eigenvalue weighted by Crippen LogP contribution is -2.28. The summed E-state index contributed by atoms with van der Waals surface area (Å²) in [5.41, 5.74) is 2.55. The molecule has 4 rings (SSSR count). The number of hydrogen-bond acceptors (Lipinski definition) is 7. The van der Waals surface area contributed by atoms with Gasteiger partial charge in [0.25, 0.3) is 11.8 Å². The van der Waals surface area contributed by atoms with Crippen LogP contribution in [0.3, 0.4) is 0 Å². The van der Waals surface area contributed by atoms with E-state index in [-0.39, 0.29) is 18.7 Å². The highest BCUT2D eigenvalue weighted by atomic mass is 32.1. The van der Waals surface area contributed by atoms with Gasteiger partial charge in [-0.25, -0.2) is 0 Å². The lowest BCUT2D eigenvalue weighted by Gasteiger charge is -2.07. The number of aromatic nitrogens is 2. The Morgan fingerprint density at radius 1 is 1.18 bits per heavy atom. The van der Waals surface area contributed by atoms with E-state index in [0.29, 0.717) is 16.0 Å². The van der Waals surface area contributed by atoms with Crippen LogP contribution < -0.4 is 10.6 Å². The third kappa shape index (κ3) is 5.21. The van der Waals surface area contributed by atoms with E-state index in [0.717, 1.165) is 48.1 Å². The molecule has 170 valence electrons. The maximum atomic E-state index is 12.3. The molecule has 10 heteroatoms. The molecule has 1 aromatic carbocycles. The number of aromatic amines is 1. The van der Waals surface area contributed by atoms with Crippen molar-refractivity contribution in [1.82, 2.24) is 15.5 Å². The molecule has 0 bridgehead atoms. The average molecular weight is 466 g/mol. The summed E-state index contributed by atoms with van der Waals surface area (Å²) >= 11 is 1.43. The van der Waals surface area contributed by atoms with Crippen molar-refractivity contribution < 1.29 is 19.1 Å². The topological polar surface area (TPSA) is 137 Å². The summed E-state index contributed by atoms with van der Waals surface area (Å²) in [6.07, 6.45) is 4.94. The van der Waals surface area contributed by atoms with E-state index < -0.39 is 24.4 Å². The number of thiophene rings is 1. The molecule has 0 atom stereocenters. The van der Waals surface area contributed by atoms with Crippen LogP contribution in [-0.4, -0.2) is 41.1 Å². The maximum Gasteiger partial charge on any atom is 0.308 e. The molecule has 0 radical (unpaired) electrons. The Labute approximate surface area is 194 Å². The zero-order valence-electron chi connectivity index (χ0n) is 17.9. The van der Waals surface area contributed by atoms with Gasteiger partial charge in [-0.05, 0) is 37.3 Å². The summed E-state index contributed by atoms with van der Waals surface area (Å²) in [7, 11) is 0. The maximum absolute atomic E-state index is 12.3. The summed E-state index contributed by atoms with van der Waals surface area (Å²) in [5, 5.41) is 22.9. The quantitative estimate of drug-likeness (QED) is 0.362. The van der Waals surface area contributed by atoms with Crippen molar-refractivity contribution in [2.45, 2.75) is 38.5 Å². The molecule has 2 heterocycles. The second kappa shape index (κ2) is 10.3. The summed E-state index contributed by atoms with van der Waals surface area (Å²) in [4.78, 5) is 37.7. The van der Waals surface area contributed by atoms with Gasteiger partial charge in [0.05, 0.1) is 17.5 Å². The minimum Gasteiger partial charge on any atom is -0.456 e. The lowest BCUT2D eigenvalue weighted by molar-refractivity contribution is -0.147. The molecule has 0 saturated heterocycles. The molecule has 1 aliphatic rings. The van der Waals surface area contributed by atoms with Gasteiger partial charge in [0.1, 0.15) is 11.1 Å². The van der Waals surface area contributed by atoms with E-state index in [9.17, 15) is 19.6 Å². The van der Waals surface area contributed by atoms with Crippen LogP contribution in [0.1, 0.15) is 52.2 Å². The number of ether oxygens (including phenoxy) is 1. The number of aryl methyl sites for hydroxylation is 1. The van der Waals surface area contributed by atoms with Crippen LogP contribution in [0, 0.1) is 11.3 Å². The van der Waals surface area contributed by atoms with Crippen molar-refractivity contribution in [2.75, 3.05) is 18.5 Å². The smallest absolute Gasteiger partial charge is 0.308 e. The summed E-state index contributed by atoms with van der Waals surface area (Å²) in [5.74, 6) is -1.51. The number of carbonyl (C=O) groups is 3. The number of nitrogens with one attached hydrogen (secondary N) is 3. The van der Waals surface area contributed by atoms with Gasteiger partial charge in [-0.3, -0.25) is 19.5 Å². The number of carbonyl (C=O) groups excluding carboxylic acids is 3. The fourth-order valence-corrected chi connectivity index (χ4v) is 5.08. The first-order valence-corrected chi connectivity index (χ1v) is 11.6. The highest BCUT2D eigenvalue weighted by molar-refractivity contribution is 7.16. The number of anilines is 1. The van der Waals surface area contributed by atoms with Crippen molar-refractivity contribution in [1.29, 1.82) is 5.26 Å². The van der Waals surface area contributed by atoms with Gasteiger partial charge in [-0.2, -0.15) is 10.4 Å². The van der Waals surface area contributed by atoms with Crippen molar-refractivity contribution in [2.24, 2.45) is 0 Å². The fraction of sp³-hybridized carbons (Fsp3) is 0.348. The van der Waals surface area contributed by atoms with E-state index >= 15 is 0 Å². The van der Waals surface area contributed by atoms with E-state index in [1.54, 1.807) is 6.07 Å². The van der Waals surface area contributed by atoms with Gasteiger partial charge in [0, 0.05) is 16.8 Å². The minimum absolute atomic E-state index is 0.0523. The lowest BCUT2D eigenvalue weighted by atomic mass is 10.1. The molecule has 3 N–H and O–H groups in total. The predicted molar refractivity (Wildman–Crippen MR) is 123 cm³/mol. The van der Waals surface area contributed by atoms with Crippen LogP contribution in [-0.2, 0) is 27.2 Å². The third-order valence-electron chi connectivity index (χ3n) is 5.45. The van der Waals surface area contributed by atoms with Crippen LogP contribution in [0.2, 0.25) is 0 Å². The molecule has 33 heavy (non-hydrogen) atoms. The third-order valence-corrected chi connectivity index (χ3v) is 6.66. The zero-order chi connectivity index (χ0) is 23.2. The first-order valence-electron chi connectivity index (χ1n) is 10.8. The Balaban J connectivity index is 1.23. The molecule has 0 unspecified atom stereocenters. The number of benzene rings is 1. The largest absolute Gasteiger partial charge is 0.456 e. The Bertz CT molecular complexity index is 1240. The Kier molecular flexibility index (Phi) is 7.00. The molecule has 1 aliphatic carbocycles. The first-order chi connectivity index (χ1) is 16.1. The number of rotatable bonds is 7. The van der Waals surface area contributed by atoms with Crippen molar-refractivity contribution in [3.8, 4) is 6.07 Å². The highest BCUT2D eigenvalue weighted by Crippen LogP contribution is 2.36. The van der Waals surface area contributed by atoms with Gasteiger partial charge in [-0.15, -0.1) is 11.3 Å². The summed E-state index contributed by atoms with van der Waals surface area (Å²) in [6.45, 7) is -0.402. The molecule has 0 fully saturated rings. The van der Waals surface area contributed by atoms with Gasteiger partial charge < -0.3 is 15.4 Å². The molecule has 0 saturated carbocycles. The Morgan fingerprint density at radius 3 is 2.85 bits per heavy atom. The number of para-hydroxylation sites is 1. The predicted octanol–water partition coefficient (Wildman–Crippen LogP) is 3.07. The minimum atomic E-state index is -0.611. The fourth-order valence-electron chi connectivity index (χ4n) is 3.83. The monoisotopic (exact) mass is 465 g/mol. The van der Waals surface area contributed by atoms with E-state index in [2.05, 4.69) is 26.9 Å². The number of amides is 2. The van der Waals surface area contributed by atoms with Gasteiger partial charge in [-0.1, -0.05) is 24.6 Å². The highest BCUT2D eigenvalue weighted by Gasteiger charge is 2.21. The van der Waals surface area contributed by atoms with Crippen LogP contribution in [0.5, 0.6) is 0 Å². The molecule has 3 aromatic rings. The standard InChI is InChI=1S/C23H23N5O4S/c24-12-16-14-6-2-1-3-9-18(14)33-23(16)26-19(29)13-32-20(30)10-11-25-22(31)21-15-7-4-5-8-17(15)27-28-21/h4-5,7-8H,1-3,6,9-11,13H2,(H,25,31)(H,26,29)(H,27,28). The van der Waals surface area contributed by atoms with Gasteiger partial charge in [0.15, 0.2) is 12.3 Å². The number of hydrogen-bond donors (Lipinski definition) is 3. The zero-order valence-corrected chi connectivity index (χ0v) is 18.7. The van der Waals surface area contributed by atoms with Crippen molar-refractivity contribution >= 4 is 45.0 Å². The number of esters is 1. The summed E-state index contributed by atoms with van der Waals surface area (Å²) < 4.78 is 5.01. The first kappa shape index (κ1) is 22.5.